The maximum atomic E-state index is 12.5. The van der Waals surface area contributed by atoms with Crippen LogP contribution in [0.5, 0.6) is 0 Å². The summed E-state index contributed by atoms with van der Waals surface area (Å²) in [5.74, 6) is 0. The molecule has 1 aromatic rings. The number of carbonyl (C=O) groups excluding carboxylic acids is 1. The molecule has 0 spiro atoms. The summed E-state index contributed by atoms with van der Waals surface area (Å²) in [6, 6.07) is 6.85. The van der Waals surface area contributed by atoms with Gasteiger partial charge in [-0.2, -0.15) is 0 Å². The number of rotatable bonds is 2. The summed E-state index contributed by atoms with van der Waals surface area (Å²) in [4.78, 5) is 14.2. The highest BCUT2D eigenvalue weighted by atomic mass is 35.5. The number of nitrogens with zero attached hydrogens (tertiary/aromatic N) is 1. The molecule has 0 aliphatic carbocycles. The van der Waals surface area contributed by atoms with Crippen LogP contribution >= 0.6 is 11.6 Å². The van der Waals surface area contributed by atoms with E-state index in [1.54, 1.807) is 24.0 Å². The number of benzene rings is 1. The van der Waals surface area contributed by atoms with Crippen molar-refractivity contribution in [2.24, 2.45) is 0 Å². The van der Waals surface area contributed by atoms with E-state index >= 15 is 0 Å². The highest BCUT2D eigenvalue weighted by Gasteiger charge is 2.42. The number of piperidine rings is 1. The number of hydrogen-bond acceptors (Lipinski definition) is 3. The van der Waals surface area contributed by atoms with Crippen molar-refractivity contribution in [3.05, 3.63) is 34.9 Å². The highest BCUT2D eigenvalue weighted by molar-refractivity contribution is 6.30. The van der Waals surface area contributed by atoms with Gasteiger partial charge >= 0.3 is 6.09 Å². The molecule has 1 heterocycles. The minimum atomic E-state index is -1.18. The van der Waals surface area contributed by atoms with E-state index in [0.717, 1.165) is 19.3 Å². The Hall–Kier alpha value is -1.26. The maximum Gasteiger partial charge on any atom is 0.410 e. The Kier molecular flexibility index (Phi) is 5.27. The molecule has 1 aliphatic heterocycles. The van der Waals surface area contributed by atoms with Crippen molar-refractivity contribution in [3.8, 4) is 0 Å². The van der Waals surface area contributed by atoms with Gasteiger partial charge in [0.1, 0.15) is 11.2 Å². The molecular weight excluding hydrogens is 314 g/mol. The van der Waals surface area contributed by atoms with Crippen LogP contribution in [0.2, 0.25) is 5.02 Å². The van der Waals surface area contributed by atoms with Crippen LogP contribution in [0.4, 0.5) is 4.79 Å². The molecule has 1 N–H and O–H groups in total. The van der Waals surface area contributed by atoms with Gasteiger partial charge in [0.05, 0.1) is 6.04 Å². The minimum Gasteiger partial charge on any atom is -0.444 e. The van der Waals surface area contributed by atoms with Crippen LogP contribution in [0.1, 0.15) is 52.5 Å². The lowest BCUT2D eigenvalue weighted by Gasteiger charge is -2.44. The highest BCUT2D eigenvalue weighted by Crippen LogP contribution is 2.35. The number of halogens is 1. The molecular formula is C18H26ClNO3. The van der Waals surface area contributed by atoms with Gasteiger partial charge in [-0.1, -0.05) is 23.7 Å². The molecule has 0 radical (unpaired) electrons. The monoisotopic (exact) mass is 339 g/mol. The van der Waals surface area contributed by atoms with Crippen LogP contribution in [0.25, 0.3) is 0 Å². The van der Waals surface area contributed by atoms with E-state index < -0.39 is 11.2 Å². The Morgan fingerprint density at radius 3 is 2.61 bits per heavy atom. The molecule has 1 fully saturated rings. The molecule has 2 rings (SSSR count). The lowest BCUT2D eigenvalue weighted by Crippen LogP contribution is -2.55. The van der Waals surface area contributed by atoms with E-state index in [0.29, 0.717) is 17.1 Å². The van der Waals surface area contributed by atoms with Crippen molar-refractivity contribution in [2.75, 3.05) is 6.54 Å². The van der Waals surface area contributed by atoms with Crippen molar-refractivity contribution in [1.82, 2.24) is 4.90 Å². The zero-order chi connectivity index (χ0) is 17.3. The summed E-state index contributed by atoms with van der Waals surface area (Å²) in [7, 11) is 0. The minimum absolute atomic E-state index is 0.329. The summed E-state index contributed by atoms with van der Waals surface area (Å²) in [5.41, 5.74) is -1.02. The summed E-state index contributed by atoms with van der Waals surface area (Å²) in [6.45, 7) is 7.87. The molecule has 0 aromatic heterocycles. The molecule has 5 heteroatoms. The fourth-order valence-electron chi connectivity index (χ4n) is 3.05. The van der Waals surface area contributed by atoms with Crippen LogP contribution in [-0.2, 0) is 10.3 Å². The van der Waals surface area contributed by atoms with Gasteiger partial charge in [-0.05, 0) is 64.7 Å². The van der Waals surface area contributed by atoms with E-state index in [9.17, 15) is 9.90 Å². The van der Waals surface area contributed by atoms with E-state index in [-0.39, 0.29) is 12.1 Å². The Balaban J connectivity index is 2.28. The number of ether oxygens (including phenoxy) is 1. The van der Waals surface area contributed by atoms with Crippen LogP contribution in [-0.4, -0.2) is 34.3 Å². The Labute approximate surface area is 143 Å². The molecule has 1 aliphatic rings. The van der Waals surface area contributed by atoms with Gasteiger partial charge in [0.2, 0.25) is 0 Å². The predicted octanol–water partition coefficient (Wildman–Crippen LogP) is 4.34. The first-order chi connectivity index (χ1) is 10.6. The van der Waals surface area contributed by atoms with Crippen molar-refractivity contribution in [2.45, 2.75) is 64.2 Å². The van der Waals surface area contributed by atoms with Gasteiger partial charge < -0.3 is 14.7 Å². The average molecular weight is 340 g/mol. The smallest absolute Gasteiger partial charge is 0.410 e. The van der Waals surface area contributed by atoms with Crippen LogP contribution in [0, 0.1) is 0 Å². The third-order valence-corrected chi connectivity index (χ3v) is 4.42. The molecule has 2 atom stereocenters. The van der Waals surface area contributed by atoms with Gasteiger partial charge in [0, 0.05) is 11.6 Å². The van der Waals surface area contributed by atoms with Crippen molar-refractivity contribution >= 4 is 17.7 Å². The molecule has 1 amide bonds. The third kappa shape index (κ3) is 4.39. The summed E-state index contributed by atoms with van der Waals surface area (Å²) >= 11 is 6.06. The molecule has 0 unspecified atom stereocenters. The molecule has 128 valence electrons. The molecule has 1 aromatic carbocycles. The maximum absolute atomic E-state index is 12.5. The normalized spacial score (nSPS) is 21.7. The second kappa shape index (κ2) is 6.70. The molecule has 0 bridgehead atoms. The second-order valence-electron chi connectivity index (χ2n) is 7.34. The van der Waals surface area contributed by atoms with Crippen LogP contribution in [0.15, 0.2) is 24.3 Å². The Bertz CT molecular complexity index is 566. The quantitative estimate of drug-likeness (QED) is 0.872. The standard InChI is InChI=1S/C18H26ClNO3/c1-17(2,3)23-16(21)20-11-6-5-10-15(20)18(4,22)13-8-7-9-14(19)12-13/h7-9,12,15,22H,5-6,10-11H2,1-4H3/t15-,18-/m1/s1. The summed E-state index contributed by atoms with van der Waals surface area (Å²) in [6.07, 6.45) is 2.25. The first-order valence-corrected chi connectivity index (χ1v) is 8.47. The average Bonchev–Trinajstić information content (AvgIpc) is 2.45. The largest absolute Gasteiger partial charge is 0.444 e. The fourth-order valence-corrected chi connectivity index (χ4v) is 3.24. The lowest BCUT2D eigenvalue weighted by molar-refractivity contribution is -0.0626. The Morgan fingerprint density at radius 2 is 2.00 bits per heavy atom. The van der Waals surface area contributed by atoms with Gasteiger partial charge in [0.25, 0.3) is 0 Å². The molecule has 0 saturated carbocycles. The van der Waals surface area contributed by atoms with Crippen molar-refractivity contribution < 1.29 is 14.6 Å². The molecule has 23 heavy (non-hydrogen) atoms. The van der Waals surface area contributed by atoms with Gasteiger partial charge in [0.15, 0.2) is 0 Å². The third-order valence-electron chi connectivity index (χ3n) is 4.19. The SMILES string of the molecule is CC(C)(C)OC(=O)N1CCCC[C@@H]1[C@](C)(O)c1cccc(Cl)c1. The van der Waals surface area contributed by atoms with E-state index in [2.05, 4.69) is 0 Å². The van der Waals surface area contributed by atoms with Crippen molar-refractivity contribution in [3.63, 3.8) is 0 Å². The van der Waals surface area contributed by atoms with Gasteiger partial charge in [-0.3, -0.25) is 0 Å². The van der Waals surface area contributed by atoms with Crippen LogP contribution in [0.3, 0.4) is 0 Å². The zero-order valence-corrected chi connectivity index (χ0v) is 15.1. The first kappa shape index (κ1) is 18.1. The Morgan fingerprint density at radius 1 is 1.30 bits per heavy atom. The topological polar surface area (TPSA) is 49.8 Å². The predicted molar refractivity (Wildman–Crippen MR) is 91.6 cm³/mol. The zero-order valence-electron chi connectivity index (χ0n) is 14.3. The van der Waals surface area contributed by atoms with Crippen molar-refractivity contribution in [1.29, 1.82) is 0 Å². The number of likely N-dealkylation sites (tertiary alicyclic amines) is 1. The molecule has 1 saturated heterocycles. The van der Waals surface area contributed by atoms with Gasteiger partial charge in [-0.25, -0.2) is 4.79 Å². The van der Waals surface area contributed by atoms with E-state index in [4.69, 9.17) is 16.3 Å². The second-order valence-corrected chi connectivity index (χ2v) is 7.78. The summed E-state index contributed by atoms with van der Waals surface area (Å²) in [5, 5.41) is 11.7. The number of carbonyl (C=O) groups is 1. The fraction of sp³-hybridized carbons (Fsp3) is 0.611. The number of aliphatic hydroxyl groups is 1. The summed E-state index contributed by atoms with van der Waals surface area (Å²) < 4.78 is 5.51. The van der Waals surface area contributed by atoms with E-state index in [1.807, 2.05) is 32.9 Å². The van der Waals surface area contributed by atoms with E-state index in [1.165, 1.54) is 0 Å². The first-order valence-electron chi connectivity index (χ1n) is 8.09. The molecule has 4 nitrogen and oxygen atoms in total. The van der Waals surface area contributed by atoms with Gasteiger partial charge in [-0.15, -0.1) is 0 Å². The lowest BCUT2D eigenvalue weighted by atomic mass is 9.82. The number of hydrogen-bond donors (Lipinski definition) is 1. The van der Waals surface area contributed by atoms with Crippen LogP contribution < -0.4 is 0 Å². The number of amides is 1.